The standard InChI is InChI=1S/C13H14O3/c14-12(15)13(7-8-13)10-3-1-2-4-11(10)16-9-5-6-9/h1-4,9H,5-8H2,(H,14,15). The van der Waals surface area contributed by atoms with Gasteiger partial charge in [0.05, 0.1) is 11.5 Å². The van der Waals surface area contributed by atoms with E-state index in [2.05, 4.69) is 0 Å². The van der Waals surface area contributed by atoms with Crippen molar-refractivity contribution in [1.29, 1.82) is 0 Å². The van der Waals surface area contributed by atoms with Crippen molar-refractivity contribution in [3.8, 4) is 5.75 Å². The summed E-state index contributed by atoms with van der Waals surface area (Å²) in [5.74, 6) is 0.0456. The number of carboxylic acid groups (broad SMARTS) is 1. The van der Waals surface area contributed by atoms with E-state index in [0.717, 1.165) is 37.0 Å². The van der Waals surface area contributed by atoms with Crippen LogP contribution in [0.5, 0.6) is 5.75 Å². The van der Waals surface area contributed by atoms with Gasteiger partial charge in [0.1, 0.15) is 5.75 Å². The Balaban J connectivity index is 1.96. The zero-order valence-electron chi connectivity index (χ0n) is 8.98. The molecular formula is C13H14O3. The molecule has 3 heteroatoms. The number of aliphatic carboxylic acids is 1. The number of carboxylic acids is 1. The largest absolute Gasteiger partial charge is 0.490 e. The molecular weight excluding hydrogens is 204 g/mol. The van der Waals surface area contributed by atoms with Gasteiger partial charge in [-0.05, 0) is 31.7 Å². The maximum absolute atomic E-state index is 11.3. The molecule has 3 nitrogen and oxygen atoms in total. The Morgan fingerprint density at radius 2 is 2.00 bits per heavy atom. The quantitative estimate of drug-likeness (QED) is 0.843. The first-order valence-electron chi connectivity index (χ1n) is 5.72. The van der Waals surface area contributed by atoms with Crippen LogP contribution in [0.15, 0.2) is 24.3 Å². The summed E-state index contributed by atoms with van der Waals surface area (Å²) < 4.78 is 5.77. The maximum atomic E-state index is 11.3. The first-order chi connectivity index (χ1) is 7.72. The van der Waals surface area contributed by atoms with E-state index >= 15 is 0 Å². The molecule has 1 aromatic carbocycles. The van der Waals surface area contributed by atoms with Crippen molar-refractivity contribution >= 4 is 5.97 Å². The molecule has 0 aromatic heterocycles. The lowest BCUT2D eigenvalue weighted by Gasteiger charge is -2.15. The van der Waals surface area contributed by atoms with Crippen molar-refractivity contribution in [3.63, 3.8) is 0 Å². The molecule has 3 rings (SSSR count). The van der Waals surface area contributed by atoms with Gasteiger partial charge in [-0.25, -0.2) is 0 Å². The summed E-state index contributed by atoms with van der Waals surface area (Å²) >= 11 is 0. The highest BCUT2D eigenvalue weighted by Gasteiger charge is 2.53. The predicted octanol–water partition coefficient (Wildman–Crippen LogP) is 2.34. The van der Waals surface area contributed by atoms with E-state index in [1.807, 2.05) is 24.3 Å². The molecule has 0 atom stereocenters. The lowest BCUT2D eigenvalue weighted by molar-refractivity contribution is -0.140. The third-order valence-electron chi connectivity index (χ3n) is 3.38. The molecule has 0 bridgehead atoms. The van der Waals surface area contributed by atoms with Gasteiger partial charge in [-0.1, -0.05) is 18.2 Å². The average molecular weight is 218 g/mol. The topological polar surface area (TPSA) is 46.5 Å². The van der Waals surface area contributed by atoms with Gasteiger partial charge >= 0.3 is 5.97 Å². The number of ether oxygens (including phenoxy) is 1. The van der Waals surface area contributed by atoms with E-state index in [4.69, 9.17) is 4.74 Å². The van der Waals surface area contributed by atoms with Crippen molar-refractivity contribution in [3.05, 3.63) is 29.8 Å². The highest BCUT2D eigenvalue weighted by molar-refractivity contribution is 5.86. The summed E-state index contributed by atoms with van der Waals surface area (Å²) in [5.41, 5.74) is 0.195. The van der Waals surface area contributed by atoms with Crippen LogP contribution in [-0.2, 0) is 10.2 Å². The number of benzene rings is 1. The van der Waals surface area contributed by atoms with Crippen LogP contribution in [0.25, 0.3) is 0 Å². The second-order valence-corrected chi connectivity index (χ2v) is 4.70. The monoisotopic (exact) mass is 218 g/mol. The van der Waals surface area contributed by atoms with Gasteiger partial charge in [-0.15, -0.1) is 0 Å². The van der Waals surface area contributed by atoms with Crippen molar-refractivity contribution in [2.24, 2.45) is 0 Å². The fourth-order valence-corrected chi connectivity index (χ4v) is 2.05. The second kappa shape index (κ2) is 3.24. The van der Waals surface area contributed by atoms with Crippen LogP contribution >= 0.6 is 0 Å². The molecule has 0 radical (unpaired) electrons. The van der Waals surface area contributed by atoms with Crippen LogP contribution in [0.2, 0.25) is 0 Å². The van der Waals surface area contributed by atoms with Crippen molar-refractivity contribution in [2.75, 3.05) is 0 Å². The Kier molecular flexibility index (Phi) is 1.96. The normalized spacial score (nSPS) is 21.5. The highest BCUT2D eigenvalue weighted by atomic mass is 16.5. The number of hydrogen-bond acceptors (Lipinski definition) is 2. The molecule has 2 aliphatic rings. The van der Waals surface area contributed by atoms with E-state index in [9.17, 15) is 9.90 Å². The molecule has 0 amide bonds. The van der Waals surface area contributed by atoms with Crippen molar-refractivity contribution in [1.82, 2.24) is 0 Å². The zero-order chi connectivity index (χ0) is 11.2. The van der Waals surface area contributed by atoms with Crippen LogP contribution in [-0.4, -0.2) is 17.2 Å². The molecule has 0 unspecified atom stereocenters. The van der Waals surface area contributed by atoms with Gasteiger partial charge in [0.15, 0.2) is 0 Å². The van der Waals surface area contributed by atoms with Gasteiger partial charge < -0.3 is 9.84 Å². The van der Waals surface area contributed by atoms with Gasteiger partial charge in [-0.3, -0.25) is 4.79 Å². The Bertz CT molecular complexity index is 431. The number of rotatable bonds is 4. The number of carbonyl (C=O) groups is 1. The fourth-order valence-electron chi connectivity index (χ4n) is 2.05. The van der Waals surface area contributed by atoms with Gasteiger partial charge in [0.25, 0.3) is 0 Å². The van der Waals surface area contributed by atoms with Gasteiger partial charge in [0.2, 0.25) is 0 Å². The molecule has 0 heterocycles. The van der Waals surface area contributed by atoms with Crippen LogP contribution in [0, 0.1) is 0 Å². The average Bonchev–Trinajstić information content (AvgIpc) is 3.13. The minimum atomic E-state index is -0.723. The smallest absolute Gasteiger partial charge is 0.314 e. The second-order valence-electron chi connectivity index (χ2n) is 4.70. The Morgan fingerprint density at radius 1 is 1.31 bits per heavy atom. The molecule has 1 aromatic rings. The van der Waals surface area contributed by atoms with Gasteiger partial charge in [-0.2, -0.15) is 0 Å². The highest BCUT2D eigenvalue weighted by Crippen LogP contribution is 2.52. The van der Waals surface area contributed by atoms with Crippen molar-refractivity contribution in [2.45, 2.75) is 37.2 Å². The summed E-state index contributed by atoms with van der Waals surface area (Å²) in [6.45, 7) is 0. The minimum Gasteiger partial charge on any atom is -0.490 e. The molecule has 2 aliphatic carbocycles. The van der Waals surface area contributed by atoms with Crippen LogP contribution < -0.4 is 4.74 Å². The fraction of sp³-hybridized carbons (Fsp3) is 0.462. The molecule has 2 fully saturated rings. The SMILES string of the molecule is O=C(O)C1(c2ccccc2OC2CC2)CC1. The summed E-state index contributed by atoms with van der Waals surface area (Å²) in [6, 6.07) is 7.56. The van der Waals surface area contributed by atoms with E-state index in [-0.39, 0.29) is 0 Å². The molecule has 0 saturated heterocycles. The summed E-state index contributed by atoms with van der Waals surface area (Å²) in [7, 11) is 0. The number of hydrogen-bond donors (Lipinski definition) is 1. The predicted molar refractivity (Wildman–Crippen MR) is 58.6 cm³/mol. The first-order valence-corrected chi connectivity index (χ1v) is 5.72. The summed E-state index contributed by atoms with van der Waals surface area (Å²) in [4.78, 5) is 11.3. The summed E-state index contributed by atoms with van der Waals surface area (Å²) in [6.07, 6.45) is 3.95. The third kappa shape index (κ3) is 1.47. The van der Waals surface area contributed by atoms with E-state index < -0.39 is 11.4 Å². The van der Waals surface area contributed by atoms with Crippen LogP contribution in [0.3, 0.4) is 0 Å². The Hall–Kier alpha value is -1.51. The molecule has 1 N–H and O–H groups in total. The van der Waals surface area contributed by atoms with Gasteiger partial charge in [0, 0.05) is 5.56 Å². The maximum Gasteiger partial charge on any atom is 0.314 e. The lowest BCUT2D eigenvalue weighted by Crippen LogP contribution is -2.20. The molecule has 0 spiro atoms. The van der Waals surface area contributed by atoms with Crippen LogP contribution in [0.1, 0.15) is 31.2 Å². The van der Waals surface area contributed by atoms with E-state index in [1.54, 1.807) is 0 Å². The number of para-hydroxylation sites is 1. The summed E-state index contributed by atoms with van der Waals surface area (Å²) in [5, 5.41) is 9.28. The molecule has 0 aliphatic heterocycles. The van der Waals surface area contributed by atoms with E-state index in [1.165, 1.54) is 0 Å². The van der Waals surface area contributed by atoms with Crippen LogP contribution in [0.4, 0.5) is 0 Å². The molecule has 16 heavy (non-hydrogen) atoms. The Morgan fingerprint density at radius 3 is 2.56 bits per heavy atom. The minimum absolute atomic E-state index is 0.311. The first kappa shape index (κ1) is 9.70. The zero-order valence-corrected chi connectivity index (χ0v) is 8.98. The van der Waals surface area contributed by atoms with E-state index in [0.29, 0.717) is 6.10 Å². The van der Waals surface area contributed by atoms with Crippen molar-refractivity contribution < 1.29 is 14.6 Å². The Labute approximate surface area is 94.0 Å². The molecule has 84 valence electrons. The third-order valence-corrected chi connectivity index (χ3v) is 3.38. The molecule has 2 saturated carbocycles. The lowest BCUT2D eigenvalue weighted by atomic mass is 9.95.